The zero-order valence-corrected chi connectivity index (χ0v) is 13.1. The summed E-state index contributed by atoms with van der Waals surface area (Å²) in [5.74, 6) is 0.302. The number of hydrogen-bond acceptors (Lipinski definition) is 3. The number of rotatable bonds is 6. The quantitative estimate of drug-likeness (QED) is 0.817. The van der Waals surface area contributed by atoms with Gasteiger partial charge in [-0.15, -0.1) is 0 Å². The van der Waals surface area contributed by atoms with Crippen molar-refractivity contribution < 1.29 is 4.79 Å². The van der Waals surface area contributed by atoms with Crippen LogP contribution in [0.3, 0.4) is 0 Å². The van der Waals surface area contributed by atoms with Crippen LogP contribution in [0.2, 0.25) is 0 Å². The normalized spacial score (nSPS) is 15.3. The minimum atomic E-state index is 0.302. The molecule has 1 aromatic carbocycles. The summed E-state index contributed by atoms with van der Waals surface area (Å²) in [6.07, 6.45) is 3.72. The van der Waals surface area contributed by atoms with Crippen LogP contribution in [0, 0.1) is 6.92 Å². The highest BCUT2D eigenvalue weighted by molar-refractivity contribution is 5.76. The van der Waals surface area contributed by atoms with E-state index in [0.717, 1.165) is 52.0 Å². The molecule has 2 rings (SSSR count). The smallest absolute Gasteiger partial charge is 0.222 e. The summed E-state index contributed by atoms with van der Waals surface area (Å²) in [5.41, 5.74) is 8.02. The van der Waals surface area contributed by atoms with Crippen molar-refractivity contribution in [1.29, 1.82) is 0 Å². The minimum Gasteiger partial charge on any atom is -0.368 e. The van der Waals surface area contributed by atoms with Crippen LogP contribution in [0.15, 0.2) is 24.3 Å². The minimum absolute atomic E-state index is 0.302. The molecule has 1 aliphatic heterocycles. The highest BCUT2D eigenvalue weighted by Gasteiger charge is 2.20. The first kappa shape index (κ1) is 15.8. The Labute approximate surface area is 127 Å². The lowest BCUT2D eigenvalue weighted by atomic mass is 10.1. The van der Waals surface area contributed by atoms with Gasteiger partial charge in [0.1, 0.15) is 0 Å². The third-order valence-corrected chi connectivity index (χ3v) is 4.09. The van der Waals surface area contributed by atoms with Crippen molar-refractivity contribution in [3.63, 3.8) is 0 Å². The Morgan fingerprint density at radius 3 is 2.57 bits per heavy atom. The van der Waals surface area contributed by atoms with E-state index in [9.17, 15) is 4.79 Å². The molecule has 1 fully saturated rings. The fourth-order valence-corrected chi connectivity index (χ4v) is 2.79. The van der Waals surface area contributed by atoms with Crippen LogP contribution in [0.4, 0.5) is 5.69 Å². The van der Waals surface area contributed by atoms with E-state index in [2.05, 4.69) is 36.1 Å². The molecule has 0 unspecified atom stereocenters. The number of nitrogens with two attached hydrogens (primary N) is 1. The number of hydrogen-bond donors (Lipinski definition) is 1. The van der Waals surface area contributed by atoms with E-state index in [0.29, 0.717) is 12.3 Å². The number of benzene rings is 1. The topological polar surface area (TPSA) is 49.6 Å². The number of piperazine rings is 1. The highest BCUT2D eigenvalue weighted by atomic mass is 16.2. The zero-order valence-electron chi connectivity index (χ0n) is 13.1. The third-order valence-electron chi connectivity index (χ3n) is 4.09. The predicted octanol–water partition coefficient (Wildman–Crippen LogP) is 2.16. The van der Waals surface area contributed by atoms with Gasteiger partial charge < -0.3 is 15.5 Å². The van der Waals surface area contributed by atoms with E-state index < -0.39 is 0 Å². The van der Waals surface area contributed by atoms with Gasteiger partial charge in [-0.05, 0) is 44.0 Å². The molecule has 1 aliphatic rings. The van der Waals surface area contributed by atoms with Gasteiger partial charge in [0.15, 0.2) is 0 Å². The second kappa shape index (κ2) is 8.03. The SMILES string of the molecule is Cc1cccc(N2CCN(C(=O)CCCCCN)CC2)c1. The lowest BCUT2D eigenvalue weighted by molar-refractivity contribution is -0.131. The molecule has 0 bridgehead atoms. The molecule has 2 N–H and O–H groups in total. The molecule has 1 amide bonds. The van der Waals surface area contributed by atoms with Crippen LogP contribution in [0.1, 0.15) is 31.2 Å². The van der Waals surface area contributed by atoms with E-state index in [1.54, 1.807) is 0 Å². The predicted molar refractivity (Wildman–Crippen MR) is 87.5 cm³/mol. The molecule has 0 saturated carbocycles. The molecule has 0 atom stereocenters. The number of carbonyl (C=O) groups excluding carboxylic acids is 1. The Morgan fingerprint density at radius 2 is 1.90 bits per heavy atom. The molecule has 4 nitrogen and oxygen atoms in total. The Kier molecular flexibility index (Phi) is 6.05. The molecule has 1 heterocycles. The summed E-state index contributed by atoms with van der Waals surface area (Å²) in [7, 11) is 0. The molecule has 0 aromatic heterocycles. The van der Waals surface area contributed by atoms with Crippen LogP contribution in [-0.4, -0.2) is 43.5 Å². The lowest BCUT2D eigenvalue weighted by Crippen LogP contribution is -2.48. The highest BCUT2D eigenvalue weighted by Crippen LogP contribution is 2.18. The molecule has 1 saturated heterocycles. The second-order valence-electron chi connectivity index (χ2n) is 5.81. The fraction of sp³-hybridized carbons (Fsp3) is 0.588. The van der Waals surface area contributed by atoms with Gasteiger partial charge in [0, 0.05) is 38.3 Å². The number of aryl methyl sites for hydroxylation is 1. The Bertz CT molecular complexity index is 453. The van der Waals surface area contributed by atoms with Crippen molar-refractivity contribution in [2.24, 2.45) is 5.73 Å². The van der Waals surface area contributed by atoms with E-state index >= 15 is 0 Å². The number of unbranched alkanes of at least 4 members (excludes halogenated alkanes) is 2. The number of nitrogens with zero attached hydrogens (tertiary/aromatic N) is 2. The second-order valence-corrected chi connectivity index (χ2v) is 5.81. The van der Waals surface area contributed by atoms with Gasteiger partial charge >= 0.3 is 0 Å². The van der Waals surface area contributed by atoms with Gasteiger partial charge in [0.25, 0.3) is 0 Å². The molecule has 21 heavy (non-hydrogen) atoms. The lowest BCUT2D eigenvalue weighted by Gasteiger charge is -2.36. The van der Waals surface area contributed by atoms with Crippen molar-refractivity contribution in [3.8, 4) is 0 Å². The van der Waals surface area contributed by atoms with Gasteiger partial charge in [0.05, 0.1) is 0 Å². The van der Waals surface area contributed by atoms with Crippen LogP contribution in [-0.2, 0) is 4.79 Å². The van der Waals surface area contributed by atoms with E-state index in [1.165, 1.54) is 11.3 Å². The molecule has 1 aromatic rings. The van der Waals surface area contributed by atoms with Crippen LogP contribution < -0.4 is 10.6 Å². The van der Waals surface area contributed by atoms with Gasteiger partial charge in [-0.2, -0.15) is 0 Å². The zero-order chi connectivity index (χ0) is 15.1. The average Bonchev–Trinajstić information content (AvgIpc) is 2.51. The molecular formula is C17H27N3O. The van der Waals surface area contributed by atoms with Gasteiger partial charge in [-0.3, -0.25) is 4.79 Å². The number of amides is 1. The van der Waals surface area contributed by atoms with Crippen molar-refractivity contribution in [2.45, 2.75) is 32.6 Å². The van der Waals surface area contributed by atoms with Crippen LogP contribution in [0.5, 0.6) is 0 Å². The molecular weight excluding hydrogens is 262 g/mol. The Hall–Kier alpha value is -1.55. The monoisotopic (exact) mass is 289 g/mol. The van der Waals surface area contributed by atoms with Crippen LogP contribution >= 0.6 is 0 Å². The maximum absolute atomic E-state index is 12.1. The first-order valence-electron chi connectivity index (χ1n) is 8.00. The summed E-state index contributed by atoms with van der Waals surface area (Å²) >= 11 is 0. The molecule has 116 valence electrons. The number of carbonyl (C=O) groups is 1. The maximum atomic E-state index is 12.1. The van der Waals surface area contributed by atoms with Gasteiger partial charge in [0.2, 0.25) is 5.91 Å². The standard InChI is InChI=1S/C17H27N3O/c1-15-6-5-7-16(14-15)19-10-12-20(13-11-19)17(21)8-3-2-4-9-18/h5-7,14H,2-4,8-13,18H2,1H3. The third kappa shape index (κ3) is 4.74. The summed E-state index contributed by atoms with van der Waals surface area (Å²) in [6, 6.07) is 8.58. The van der Waals surface area contributed by atoms with Crippen molar-refractivity contribution in [2.75, 3.05) is 37.6 Å². The van der Waals surface area contributed by atoms with Gasteiger partial charge in [-0.25, -0.2) is 0 Å². The van der Waals surface area contributed by atoms with E-state index in [4.69, 9.17) is 5.73 Å². The van der Waals surface area contributed by atoms with Crippen LogP contribution in [0.25, 0.3) is 0 Å². The summed E-state index contributed by atoms with van der Waals surface area (Å²) < 4.78 is 0. The molecule has 0 aliphatic carbocycles. The largest absolute Gasteiger partial charge is 0.368 e. The Morgan fingerprint density at radius 1 is 1.14 bits per heavy atom. The molecule has 0 spiro atoms. The maximum Gasteiger partial charge on any atom is 0.222 e. The average molecular weight is 289 g/mol. The van der Waals surface area contributed by atoms with Crippen molar-refractivity contribution >= 4 is 11.6 Å². The van der Waals surface area contributed by atoms with Crippen molar-refractivity contribution in [1.82, 2.24) is 4.90 Å². The summed E-state index contributed by atoms with van der Waals surface area (Å²) in [4.78, 5) is 16.5. The van der Waals surface area contributed by atoms with E-state index in [-0.39, 0.29) is 0 Å². The summed E-state index contributed by atoms with van der Waals surface area (Å²) in [5, 5.41) is 0. The fourth-order valence-electron chi connectivity index (χ4n) is 2.79. The number of anilines is 1. The van der Waals surface area contributed by atoms with Gasteiger partial charge in [-0.1, -0.05) is 18.6 Å². The first-order valence-corrected chi connectivity index (χ1v) is 8.00. The van der Waals surface area contributed by atoms with E-state index in [1.807, 2.05) is 4.90 Å². The summed E-state index contributed by atoms with van der Waals surface area (Å²) in [6.45, 7) is 6.37. The molecule has 4 heteroatoms. The molecule has 0 radical (unpaired) electrons. The van der Waals surface area contributed by atoms with Crippen molar-refractivity contribution in [3.05, 3.63) is 29.8 Å². The first-order chi connectivity index (χ1) is 10.2. The Balaban J connectivity index is 1.76.